The van der Waals surface area contributed by atoms with Crippen LogP contribution in [0.15, 0.2) is 152 Å². The van der Waals surface area contributed by atoms with E-state index >= 15 is 0 Å². The van der Waals surface area contributed by atoms with Crippen LogP contribution in [0, 0.1) is 0 Å². The van der Waals surface area contributed by atoms with Gasteiger partial charge < -0.3 is 9.88 Å². The van der Waals surface area contributed by atoms with Gasteiger partial charge in [-0.15, -0.1) is 0 Å². The summed E-state index contributed by atoms with van der Waals surface area (Å²) in [5, 5.41) is 3.91. The third kappa shape index (κ3) is 3.73. The Kier molecular flexibility index (Phi) is 5.37. The van der Waals surface area contributed by atoms with Crippen molar-refractivity contribution in [2.75, 3.05) is 4.90 Å². The molecule has 0 radical (unpaired) electrons. The van der Waals surface area contributed by atoms with Gasteiger partial charge in [-0.05, 0) is 86.1 Å². The average Bonchev–Trinajstić information content (AvgIpc) is 3.72. The van der Waals surface area contributed by atoms with Crippen molar-refractivity contribution < 1.29 is 0 Å². The molecule has 0 spiro atoms. The summed E-state index contributed by atoms with van der Waals surface area (Å²) in [6.07, 6.45) is 0. The van der Waals surface area contributed by atoms with Crippen LogP contribution in [0.1, 0.15) is 25.0 Å². The molecule has 0 saturated carbocycles. The van der Waals surface area contributed by atoms with E-state index in [9.17, 15) is 0 Å². The topological polar surface area (TPSA) is 19.0 Å². The van der Waals surface area contributed by atoms with Crippen LogP contribution in [0.5, 0.6) is 0 Å². The lowest BCUT2D eigenvalue weighted by atomic mass is 9.82. The van der Waals surface area contributed by atoms with Crippen LogP contribution in [0.4, 0.5) is 17.1 Å². The predicted molar refractivity (Wildman–Crippen MR) is 198 cm³/mol. The number of nitrogens with one attached hydrogen (secondary N) is 1. The predicted octanol–water partition coefficient (Wildman–Crippen LogP) is 12.4. The molecule has 1 N–H and O–H groups in total. The minimum atomic E-state index is -0.0800. The first-order valence-corrected chi connectivity index (χ1v) is 16.4. The molecule has 2 nitrogen and oxygen atoms in total. The van der Waals surface area contributed by atoms with Crippen LogP contribution in [-0.2, 0) is 5.41 Å². The van der Waals surface area contributed by atoms with E-state index in [1.807, 2.05) is 0 Å². The molecule has 2 aliphatic carbocycles. The zero-order valence-electron chi connectivity index (χ0n) is 26.4. The van der Waals surface area contributed by atoms with E-state index in [2.05, 4.69) is 175 Å². The molecule has 10 rings (SSSR count). The van der Waals surface area contributed by atoms with Crippen LogP contribution in [0.3, 0.4) is 0 Å². The van der Waals surface area contributed by atoms with Crippen molar-refractivity contribution in [2.24, 2.45) is 0 Å². The van der Waals surface area contributed by atoms with Crippen molar-refractivity contribution in [2.45, 2.75) is 19.3 Å². The standard InChI is InChI=1S/C45H32N2/c1-45(2)39-17-7-6-14-34(39)35-24-22-32(26-40(35)45)47(31-20-18-29(19-21-31)28-10-4-3-5-11-28)33-23-25-36-41(27-33)46-44-38-16-9-13-30-12-8-15-37(42(30)38)43(36)44/h3-27,46H,1-2H3. The molecular formula is C45H32N2. The normalized spacial score (nSPS) is 13.5. The highest BCUT2D eigenvalue weighted by Crippen LogP contribution is 2.52. The molecule has 0 amide bonds. The summed E-state index contributed by atoms with van der Waals surface area (Å²) in [4.78, 5) is 6.26. The van der Waals surface area contributed by atoms with Gasteiger partial charge >= 0.3 is 0 Å². The van der Waals surface area contributed by atoms with E-state index in [1.165, 1.54) is 71.9 Å². The summed E-state index contributed by atoms with van der Waals surface area (Å²) in [5.74, 6) is 0. The molecule has 47 heavy (non-hydrogen) atoms. The maximum Gasteiger partial charge on any atom is 0.0551 e. The van der Waals surface area contributed by atoms with Crippen molar-refractivity contribution in [3.63, 3.8) is 0 Å². The maximum absolute atomic E-state index is 3.85. The number of hydrogen-bond acceptors (Lipinski definition) is 1. The van der Waals surface area contributed by atoms with Crippen LogP contribution in [0.25, 0.3) is 66.3 Å². The zero-order chi connectivity index (χ0) is 31.3. The number of nitrogens with zero attached hydrogens (tertiary/aromatic N) is 1. The van der Waals surface area contributed by atoms with Crippen molar-refractivity contribution >= 4 is 38.7 Å². The van der Waals surface area contributed by atoms with Crippen LogP contribution >= 0.6 is 0 Å². The van der Waals surface area contributed by atoms with E-state index in [4.69, 9.17) is 0 Å². The fourth-order valence-electron chi connectivity index (χ4n) is 8.28. The smallest absolute Gasteiger partial charge is 0.0551 e. The van der Waals surface area contributed by atoms with Crippen molar-refractivity contribution in [1.29, 1.82) is 0 Å². The first kappa shape index (κ1) is 26.4. The Morgan fingerprint density at radius 3 is 1.96 bits per heavy atom. The highest BCUT2D eigenvalue weighted by atomic mass is 15.1. The summed E-state index contributed by atoms with van der Waals surface area (Å²) < 4.78 is 0. The van der Waals surface area contributed by atoms with E-state index in [0.717, 1.165) is 22.6 Å². The van der Waals surface area contributed by atoms with Crippen molar-refractivity contribution in [3.05, 3.63) is 163 Å². The second-order valence-corrected chi connectivity index (χ2v) is 13.5. The fraction of sp³-hybridized carbons (Fsp3) is 0.0667. The Bertz CT molecular complexity index is 2530. The van der Waals surface area contributed by atoms with Gasteiger partial charge in [0.15, 0.2) is 0 Å². The number of rotatable bonds is 4. The number of anilines is 3. The molecular weight excluding hydrogens is 569 g/mol. The number of fused-ring (bicyclic) bond motifs is 8. The molecule has 0 saturated heterocycles. The van der Waals surface area contributed by atoms with Crippen molar-refractivity contribution in [3.8, 4) is 44.6 Å². The molecule has 0 bridgehead atoms. The average molecular weight is 601 g/mol. The number of aromatic amines is 1. The molecule has 0 unspecified atom stereocenters. The van der Waals surface area contributed by atoms with Crippen LogP contribution in [0.2, 0.25) is 0 Å². The summed E-state index contributed by atoms with van der Waals surface area (Å²) in [6.45, 7) is 4.71. The maximum atomic E-state index is 3.85. The molecule has 0 atom stereocenters. The summed E-state index contributed by atoms with van der Waals surface area (Å²) >= 11 is 0. The minimum Gasteiger partial charge on any atom is -0.354 e. The Morgan fingerprint density at radius 1 is 0.489 bits per heavy atom. The molecule has 1 heterocycles. The van der Waals surface area contributed by atoms with Gasteiger partial charge in [-0.2, -0.15) is 0 Å². The molecule has 8 aromatic rings. The molecule has 2 aliphatic rings. The first-order valence-electron chi connectivity index (χ1n) is 16.4. The highest BCUT2D eigenvalue weighted by molar-refractivity contribution is 6.21. The van der Waals surface area contributed by atoms with Gasteiger partial charge in [-0.1, -0.05) is 129 Å². The SMILES string of the molecule is CC1(C)c2ccccc2-c2ccc(N(c3ccc(-c4ccccc4)cc3)c3ccc4c5c([nH]c4c3)-c3cccc4cccc-5c34)cc21. The zero-order valence-corrected chi connectivity index (χ0v) is 26.4. The number of H-pyrrole nitrogens is 1. The molecule has 7 aromatic carbocycles. The Hall–Kier alpha value is -5.86. The van der Waals surface area contributed by atoms with E-state index in [1.54, 1.807) is 0 Å². The number of aromatic nitrogens is 1. The summed E-state index contributed by atoms with van der Waals surface area (Å²) in [6, 6.07) is 55.7. The molecule has 2 heteroatoms. The van der Waals surface area contributed by atoms with Crippen molar-refractivity contribution in [1.82, 2.24) is 4.98 Å². The Labute approximate surface area is 274 Å². The van der Waals surface area contributed by atoms with Crippen LogP contribution < -0.4 is 4.90 Å². The monoisotopic (exact) mass is 600 g/mol. The van der Waals surface area contributed by atoms with E-state index in [-0.39, 0.29) is 5.41 Å². The summed E-state index contributed by atoms with van der Waals surface area (Å²) in [5.41, 5.74) is 17.5. The first-order chi connectivity index (χ1) is 23.1. The molecule has 1 aromatic heterocycles. The van der Waals surface area contributed by atoms with Crippen LogP contribution in [-0.4, -0.2) is 4.98 Å². The summed E-state index contributed by atoms with van der Waals surface area (Å²) in [7, 11) is 0. The molecule has 0 aliphatic heterocycles. The Morgan fingerprint density at radius 2 is 1.13 bits per heavy atom. The molecule has 0 fully saturated rings. The van der Waals surface area contributed by atoms with Gasteiger partial charge in [-0.25, -0.2) is 0 Å². The van der Waals surface area contributed by atoms with E-state index < -0.39 is 0 Å². The lowest BCUT2D eigenvalue weighted by Crippen LogP contribution is -2.16. The third-order valence-electron chi connectivity index (χ3n) is 10.5. The second kappa shape index (κ2) is 9.57. The fourth-order valence-corrected chi connectivity index (χ4v) is 8.28. The number of hydrogen-bond donors (Lipinski definition) is 1. The lowest BCUT2D eigenvalue weighted by molar-refractivity contribution is 0.660. The van der Waals surface area contributed by atoms with Gasteiger partial charge in [0.2, 0.25) is 0 Å². The second-order valence-electron chi connectivity index (χ2n) is 13.5. The van der Waals surface area contributed by atoms with Gasteiger partial charge in [0.05, 0.1) is 5.69 Å². The van der Waals surface area contributed by atoms with Gasteiger partial charge in [0.1, 0.15) is 0 Å². The van der Waals surface area contributed by atoms with E-state index in [0.29, 0.717) is 0 Å². The lowest BCUT2D eigenvalue weighted by Gasteiger charge is -2.28. The highest BCUT2D eigenvalue weighted by Gasteiger charge is 2.36. The van der Waals surface area contributed by atoms with Gasteiger partial charge in [-0.3, -0.25) is 0 Å². The van der Waals surface area contributed by atoms with Gasteiger partial charge in [0.25, 0.3) is 0 Å². The third-order valence-corrected chi connectivity index (χ3v) is 10.5. The number of benzene rings is 7. The minimum absolute atomic E-state index is 0.0800. The quantitative estimate of drug-likeness (QED) is 0.213. The largest absolute Gasteiger partial charge is 0.354 e. The van der Waals surface area contributed by atoms with Gasteiger partial charge in [0, 0.05) is 44.5 Å². The molecule has 222 valence electrons. The Balaban J connectivity index is 1.15.